The van der Waals surface area contributed by atoms with Crippen LogP contribution in [-0.4, -0.2) is 0 Å². The van der Waals surface area contributed by atoms with Crippen LogP contribution in [0.1, 0.15) is 43.0 Å². The SMILES string of the molecule is CCc1ccc(Nc2ccc(C)cc2CC)cc1CC. The Morgan fingerprint density at radius 1 is 0.750 bits per heavy atom. The van der Waals surface area contributed by atoms with Gasteiger partial charge in [0.05, 0.1) is 0 Å². The van der Waals surface area contributed by atoms with Crippen LogP contribution in [0.25, 0.3) is 0 Å². The Morgan fingerprint density at radius 2 is 1.45 bits per heavy atom. The average molecular weight is 267 g/mol. The Morgan fingerprint density at radius 3 is 2.10 bits per heavy atom. The molecular formula is C19H25N. The van der Waals surface area contributed by atoms with Crippen LogP contribution in [0.4, 0.5) is 11.4 Å². The van der Waals surface area contributed by atoms with Crippen LogP contribution < -0.4 is 5.32 Å². The van der Waals surface area contributed by atoms with Gasteiger partial charge in [0.15, 0.2) is 0 Å². The molecule has 20 heavy (non-hydrogen) atoms. The highest BCUT2D eigenvalue weighted by molar-refractivity contribution is 5.65. The fourth-order valence-electron chi connectivity index (χ4n) is 2.67. The van der Waals surface area contributed by atoms with E-state index in [1.807, 2.05) is 0 Å². The first kappa shape index (κ1) is 14.6. The molecule has 0 atom stereocenters. The van der Waals surface area contributed by atoms with Gasteiger partial charge in [0, 0.05) is 11.4 Å². The Balaban J connectivity index is 2.30. The van der Waals surface area contributed by atoms with Crippen molar-refractivity contribution >= 4 is 11.4 Å². The van der Waals surface area contributed by atoms with Crippen LogP contribution in [0.5, 0.6) is 0 Å². The summed E-state index contributed by atoms with van der Waals surface area (Å²) in [7, 11) is 0. The Hall–Kier alpha value is -1.76. The van der Waals surface area contributed by atoms with Crippen molar-refractivity contribution in [3.63, 3.8) is 0 Å². The Labute approximate surface area is 123 Å². The van der Waals surface area contributed by atoms with E-state index in [1.54, 1.807) is 0 Å². The molecule has 0 bridgehead atoms. The first-order chi connectivity index (χ1) is 9.67. The molecule has 0 aliphatic carbocycles. The summed E-state index contributed by atoms with van der Waals surface area (Å²) in [5, 5.41) is 3.58. The molecule has 0 unspecified atom stereocenters. The molecule has 0 spiro atoms. The molecule has 0 aliphatic heterocycles. The topological polar surface area (TPSA) is 12.0 Å². The molecular weight excluding hydrogens is 242 g/mol. The summed E-state index contributed by atoms with van der Waals surface area (Å²) in [6.07, 6.45) is 3.25. The summed E-state index contributed by atoms with van der Waals surface area (Å²) in [5.74, 6) is 0. The molecule has 0 aromatic heterocycles. The molecule has 0 heterocycles. The lowest BCUT2D eigenvalue weighted by atomic mass is 10.0. The molecule has 1 N–H and O–H groups in total. The van der Waals surface area contributed by atoms with Crippen molar-refractivity contribution in [3.05, 3.63) is 58.7 Å². The highest BCUT2D eigenvalue weighted by atomic mass is 14.9. The van der Waals surface area contributed by atoms with Gasteiger partial charge in [0.25, 0.3) is 0 Å². The predicted octanol–water partition coefficient (Wildman–Crippen LogP) is 5.43. The standard InChI is InChI=1S/C19H25N/c1-5-15-9-10-18(13-16(15)6-2)20-19-11-8-14(4)12-17(19)7-3/h8-13,20H,5-7H2,1-4H3. The van der Waals surface area contributed by atoms with Crippen LogP contribution in [0.2, 0.25) is 0 Å². The number of anilines is 2. The van der Waals surface area contributed by atoms with E-state index in [1.165, 1.54) is 33.6 Å². The molecule has 0 fully saturated rings. The van der Waals surface area contributed by atoms with Crippen LogP contribution in [-0.2, 0) is 19.3 Å². The molecule has 0 aliphatic rings. The molecule has 0 saturated carbocycles. The predicted molar refractivity (Wildman–Crippen MR) is 89.0 cm³/mol. The first-order valence-corrected chi connectivity index (χ1v) is 7.66. The van der Waals surface area contributed by atoms with Gasteiger partial charge in [-0.05, 0) is 61.1 Å². The van der Waals surface area contributed by atoms with Crippen LogP contribution in [0.3, 0.4) is 0 Å². The summed E-state index contributed by atoms with van der Waals surface area (Å²) < 4.78 is 0. The van der Waals surface area contributed by atoms with E-state index in [0.29, 0.717) is 0 Å². The van der Waals surface area contributed by atoms with E-state index in [0.717, 1.165) is 19.3 Å². The number of rotatable bonds is 5. The van der Waals surface area contributed by atoms with Gasteiger partial charge in [-0.25, -0.2) is 0 Å². The fourth-order valence-corrected chi connectivity index (χ4v) is 2.67. The van der Waals surface area contributed by atoms with Crippen molar-refractivity contribution in [2.24, 2.45) is 0 Å². The second kappa shape index (κ2) is 6.60. The highest BCUT2D eigenvalue weighted by Gasteiger charge is 2.04. The normalized spacial score (nSPS) is 10.6. The van der Waals surface area contributed by atoms with Crippen molar-refractivity contribution in [1.29, 1.82) is 0 Å². The maximum Gasteiger partial charge on any atom is 0.0416 e. The minimum absolute atomic E-state index is 1.05. The summed E-state index contributed by atoms with van der Waals surface area (Å²) >= 11 is 0. The van der Waals surface area contributed by atoms with Gasteiger partial charge in [-0.3, -0.25) is 0 Å². The Kier molecular flexibility index (Phi) is 4.84. The number of benzene rings is 2. The van der Waals surface area contributed by atoms with Crippen molar-refractivity contribution in [2.45, 2.75) is 47.0 Å². The van der Waals surface area contributed by atoms with Crippen molar-refractivity contribution in [1.82, 2.24) is 0 Å². The maximum absolute atomic E-state index is 3.58. The van der Waals surface area contributed by atoms with E-state index in [-0.39, 0.29) is 0 Å². The van der Waals surface area contributed by atoms with Gasteiger partial charge >= 0.3 is 0 Å². The van der Waals surface area contributed by atoms with E-state index in [4.69, 9.17) is 0 Å². The monoisotopic (exact) mass is 267 g/mol. The molecule has 0 radical (unpaired) electrons. The minimum atomic E-state index is 1.05. The highest BCUT2D eigenvalue weighted by Crippen LogP contribution is 2.25. The van der Waals surface area contributed by atoms with Crippen LogP contribution >= 0.6 is 0 Å². The molecule has 2 aromatic rings. The lowest BCUT2D eigenvalue weighted by molar-refractivity contribution is 1.04. The average Bonchev–Trinajstić information content (AvgIpc) is 2.48. The zero-order valence-corrected chi connectivity index (χ0v) is 13.1. The van der Waals surface area contributed by atoms with E-state index < -0.39 is 0 Å². The van der Waals surface area contributed by atoms with E-state index in [2.05, 4.69) is 69.4 Å². The van der Waals surface area contributed by atoms with Gasteiger partial charge in [-0.15, -0.1) is 0 Å². The number of aryl methyl sites for hydroxylation is 4. The third kappa shape index (κ3) is 3.22. The lowest BCUT2D eigenvalue weighted by Gasteiger charge is -2.14. The second-order valence-corrected chi connectivity index (χ2v) is 5.33. The largest absolute Gasteiger partial charge is 0.355 e. The van der Waals surface area contributed by atoms with Crippen molar-refractivity contribution in [3.8, 4) is 0 Å². The molecule has 2 aromatic carbocycles. The quantitative estimate of drug-likeness (QED) is 0.762. The summed E-state index contributed by atoms with van der Waals surface area (Å²) in [6.45, 7) is 8.80. The minimum Gasteiger partial charge on any atom is -0.355 e. The third-order valence-electron chi connectivity index (χ3n) is 3.89. The van der Waals surface area contributed by atoms with Gasteiger partial charge in [-0.1, -0.05) is 44.5 Å². The number of hydrogen-bond donors (Lipinski definition) is 1. The Bertz CT molecular complexity index is 584. The zero-order chi connectivity index (χ0) is 14.5. The second-order valence-electron chi connectivity index (χ2n) is 5.33. The number of hydrogen-bond acceptors (Lipinski definition) is 1. The summed E-state index contributed by atoms with van der Waals surface area (Å²) in [6, 6.07) is 13.4. The van der Waals surface area contributed by atoms with Crippen LogP contribution in [0, 0.1) is 6.92 Å². The van der Waals surface area contributed by atoms with Gasteiger partial charge in [0.2, 0.25) is 0 Å². The van der Waals surface area contributed by atoms with E-state index >= 15 is 0 Å². The molecule has 106 valence electrons. The van der Waals surface area contributed by atoms with Crippen molar-refractivity contribution < 1.29 is 0 Å². The molecule has 1 nitrogen and oxygen atoms in total. The smallest absolute Gasteiger partial charge is 0.0416 e. The molecule has 0 saturated heterocycles. The van der Waals surface area contributed by atoms with Crippen molar-refractivity contribution in [2.75, 3.05) is 5.32 Å². The lowest BCUT2D eigenvalue weighted by Crippen LogP contribution is -1.98. The van der Waals surface area contributed by atoms with Gasteiger partial charge in [-0.2, -0.15) is 0 Å². The first-order valence-electron chi connectivity index (χ1n) is 7.66. The molecule has 1 heteroatoms. The van der Waals surface area contributed by atoms with Gasteiger partial charge < -0.3 is 5.32 Å². The zero-order valence-electron chi connectivity index (χ0n) is 13.1. The van der Waals surface area contributed by atoms with E-state index in [9.17, 15) is 0 Å². The fraction of sp³-hybridized carbons (Fsp3) is 0.368. The summed E-state index contributed by atoms with van der Waals surface area (Å²) in [4.78, 5) is 0. The third-order valence-corrected chi connectivity index (χ3v) is 3.89. The molecule has 0 amide bonds. The van der Waals surface area contributed by atoms with Crippen LogP contribution in [0.15, 0.2) is 36.4 Å². The summed E-state index contributed by atoms with van der Waals surface area (Å²) in [5.41, 5.74) is 8.02. The number of nitrogens with one attached hydrogen (secondary N) is 1. The molecule has 2 rings (SSSR count). The maximum atomic E-state index is 3.58. The van der Waals surface area contributed by atoms with Gasteiger partial charge in [0.1, 0.15) is 0 Å².